The van der Waals surface area contributed by atoms with Crippen LogP contribution in [0.1, 0.15) is 65.7 Å². The summed E-state index contributed by atoms with van der Waals surface area (Å²) in [6.45, 7) is 7.57. The van der Waals surface area contributed by atoms with Crippen LogP contribution >= 0.6 is 7.82 Å². The highest BCUT2D eigenvalue weighted by atomic mass is 31.2. The van der Waals surface area contributed by atoms with Crippen LogP contribution in [0, 0.1) is 28.6 Å². The third-order valence-electron chi connectivity index (χ3n) is 9.41. The topological polar surface area (TPSA) is 109 Å². The first kappa shape index (κ1) is 27.8. The molecule has 3 fully saturated rings. The van der Waals surface area contributed by atoms with Gasteiger partial charge in [0.2, 0.25) is 0 Å². The smallest absolute Gasteiger partial charge is 0.369 e. The van der Waals surface area contributed by atoms with Gasteiger partial charge in [-0.3, -0.25) is 13.8 Å². The maximum atomic E-state index is 12.8. The van der Waals surface area contributed by atoms with E-state index in [2.05, 4.69) is 19.9 Å². The van der Waals surface area contributed by atoms with Gasteiger partial charge in [-0.05, 0) is 85.7 Å². The molecule has 7 atom stereocenters. The predicted octanol–water partition coefficient (Wildman–Crippen LogP) is 5.66. The molecule has 0 aromatic rings. The SMILES string of the molecule is C/C=C1\C(OP(=O)(O)OCC[N+](C)(C)C)CC2C3CCC4=CC(=O)CC[C@]4(C)C3CC[C@]12C.[NH4+]. The van der Waals surface area contributed by atoms with E-state index in [1.54, 1.807) is 0 Å². The van der Waals surface area contributed by atoms with Crippen molar-refractivity contribution in [1.29, 1.82) is 0 Å². The fourth-order valence-electron chi connectivity index (χ4n) is 7.63. The van der Waals surface area contributed by atoms with Gasteiger partial charge >= 0.3 is 7.82 Å². The summed E-state index contributed by atoms with van der Waals surface area (Å²) in [6, 6.07) is 0. The molecule has 0 radical (unpaired) electrons. The molecule has 4 aliphatic carbocycles. The minimum absolute atomic E-state index is 0. The van der Waals surface area contributed by atoms with Crippen LogP contribution in [0.25, 0.3) is 0 Å². The number of nitrogens with zero attached hydrogens (tertiary/aromatic N) is 1. The molecule has 0 aromatic heterocycles. The number of phosphoric ester groups is 1. The molecule has 194 valence electrons. The van der Waals surface area contributed by atoms with E-state index >= 15 is 0 Å². The first-order valence-corrected chi connectivity index (χ1v) is 14.2. The molecule has 7 nitrogen and oxygen atoms in total. The van der Waals surface area contributed by atoms with Crippen LogP contribution in [0.3, 0.4) is 0 Å². The van der Waals surface area contributed by atoms with Gasteiger partial charge in [0, 0.05) is 6.42 Å². The van der Waals surface area contributed by atoms with Crippen LogP contribution in [0.2, 0.25) is 0 Å². The summed E-state index contributed by atoms with van der Waals surface area (Å²) in [6.07, 6.45) is 10.4. The molecule has 34 heavy (non-hydrogen) atoms. The van der Waals surface area contributed by atoms with E-state index in [1.807, 2.05) is 34.1 Å². The van der Waals surface area contributed by atoms with Crippen molar-refractivity contribution in [2.75, 3.05) is 34.3 Å². The van der Waals surface area contributed by atoms with E-state index in [4.69, 9.17) is 9.05 Å². The standard InChI is InChI=1S/C26H42NO5P.H3N/c1-7-21-24(32-33(29,30)31-15-14-27(4,5)6)17-23-20-9-8-18-16-19(28)10-12-25(18,2)22(20)11-13-26(21,23)3;/h7,16,20,22-24H,8-15,17H2,1-6H3;1H3/p+2/b21-7+;/t20?,22?,23?,24?,25-,26+;/m0./s1. The number of rotatable bonds is 6. The normalized spacial score (nSPS) is 40.5. The molecule has 8 heteroatoms. The van der Waals surface area contributed by atoms with Crippen LogP contribution in [-0.2, 0) is 18.4 Å². The van der Waals surface area contributed by atoms with Gasteiger partial charge in [-0.25, -0.2) is 4.57 Å². The van der Waals surface area contributed by atoms with Gasteiger partial charge in [0.05, 0.1) is 27.2 Å². The summed E-state index contributed by atoms with van der Waals surface area (Å²) in [5, 5.41) is 0. The summed E-state index contributed by atoms with van der Waals surface area (Å²) in [7, 11) is 1.93. The molecule has 0 amide bonds. The third kappa shape index (κ3) is 5.02. The Labute approximate surface area is 205 Å². The van der Waals surface area contributed by atoms with E-state index in [1.165, 1.54) is 11.1 Å². The Balaban J connectivity index is 0.00000324. The summed E-state index contributed by atoms with van der Waals surface area (Å²) < 4.78 is 24.7. The molecule has 3 saturated carbocycles. The number of hydrogen-bond acceptors (Lipinski definition) is 4. The zero-order chi connectivity index (χ0) is 24.2. The molecule has 0 aliphatic heterocycles. The van der Waals surface area contributed by atoms with Crippen molar-refractivity contribution in [3.05, 3.63) is 23.3 Å². The Hall–Kier alpha value is -0.820. The fraction of sp³-hybridized carbons (Fsp3) is 0.808. The number of quaternary nitrogens is 2. The first-order chi connectivity index (χ1) is 15.3. The summed E-state index contributed by atoms with van der Waals surface area (Å²) >= 11 is 0. The van der Waals surface area contributed by atoms with Crippen LogP contribution in [0.15, 0.2) is 23.3 Å². The Morgan fingerprint density at radius 2 is 1.85 bits per heavy atom. The van der Waals surface area contributed by atoms with Crippen molar-refractivity contribution >= 4 is 13.6 Å². The molecule has 0 aromatic carbocycles. The van der Waals surface area contributed by atoms with E-state index in [9.17, 15) is 14.3 Å². The maximum Gasteiger partial charge on any atom is 0.472 e. The molecule has 0 bridgehead atoms. The van der Waals surface area contributed by atoms with Gasteiger partial charge < -0.3 is 15.5 Å². The lowest BCUT2D eigenvalue weighted by Gasteiger charge is -2.57. The monoisotopic (exact) mass is 498 g/mol. The van der Waals surface area contributed by atoms with Crippen LogP contribution in [0.4, 0.5) is 0 Å². The van der Waals surface area contributed by atoms with Crippen LogP contribution < -0.4 is 6.15 Å². The van der Waals surface area contributed by atoms with Crippen LogP contribution in [0.5, 0.6) is 0 Å². The number of phosphoric acid groups is 1. The van der Waals surface area contributed by atoms with Crippen molar-refractivity contribution in [1.82, 2.24) is 6.15 Å². The maximum absolute atomic E-state index is 12.8. The minimum atomic E-state index is -4.14. The lowest BCUT2D eigenvalue weighted by molar-refractivity contribution is -0.870. The average Bonchev–Trinajstić information content (AvgIpc) is 2.97. The van der Waals surface area contributed by atoms with Crippen LogP contribution in [-0.4, -0.2) is 55.6 Å². The van der Waals surface area contributed by atoms with Crippen molar-refractivity contribution in [3.8, 4) is 0 Å². The number of fused-ring (bicyclic) bond motifs is 5. The van der Waals surface area contributed by atoms with Gasteiger partial charge in [0.25, 0.3) is 0 Å². The van der Waals surface area contributed by atoms with Gasteiger partial charge in [0.15, 0.2) is 5.78 Å². The van der Waals surface area contributed by atoms with Gasteiger partial charge in [-0.1, -0.05) is 25.5 Å². The van der Waals surface area contributed by atoms with Crippen molar-refractivity contribution in [2.45, 2.75) is 71.8 Å². The molecule has 0 saturated heterocycles. The van der Waals surface area contributed by atoms with Crippen molar-refractivity contribution in [3.63, 3.8) is 0 Å². The fourth-order valence-corrected chi connectivity index (χ4v) is 8.53. The highest BCUT2D eigenvalue weighted by Gasteiger charge is 2.60. The molecule has 0 spiro atoms. The number of ketones is 1. The van der Waals surface area contributed by atoms with E-state index in [-0.39, 0.29) is 35.5 Å². The number of carbonyl (C=O) groups is 1. The van der Waals surface area contributed by atoms with E-state index < -0.39 is 7.82 Å². The molecule has 4 rings (SSSR count). The Bertz CT molecular complexity index is 909. The largest absolute Gasteiger partial charge is 0.472 e. The summed E-state index contributed by atoms with van der Waals surface area (Å²) in [5.41, 5.74) is 2.64. The average molecular weight is 499 g/mol. The molecule has 4 aliphatic rings. The summed E-state index contributed by atoms with van der Waals surface area (Å²) in [4.78, 5) is 22.6. The number of likely N-dealkylation sites (N-methyl/N-ethyl adjacent to an activating group) is 1. The zero-order valence-electron chi connectivity index (χ0n) is 22.3. The summed E-state index contributed by atoms with van der Waals surface area (Å²) in [5.74, 6) is 1.84. The quantitative estimate of drug-likeness (QED) is 0.279. The van der Waals surface area contributed by atoms with E-state index in [0.29, 0.717) is 35.2 Å². The van der Waals surface area contributed by atoms with Gasteiger partial charge in [0.1, 0.15) is 13.2 Å². The Kier molecular flexibility index (Phi) is 7.81. The number of carbonyl (C=O) groups excluding carboxylic acids is 1. The number of hydrogen-bond donors (Lipinski definition) is 2. The molecular formula is C26H47N2O5P+2. The molecule has 5 N–H and O–H groups in total. The second-order valence-electron chi connectivity index (χ2n) is 12.3. The Morgan fingerprint density at radius 1 is 1.15 bits per heavy atom. The van der Waals surface area contributed by atoms with Crippen molar-refractivity contribution in [2.24, 2.45) is 28.6 Å². The second kappa shape index (κ2) is 9.57. The third-order valence-corrected chi connectivity index (χ3v) is 10.4. The molecule has 0 heterocycles. The van der Waals surface area contributed by atoms with Gasteiger partial charge in [-0.15, -0.1) is 0 Å². The highest BCUT2D eigenvalue weighted by Crippen LogP contribution is 2.67. The van der Waals surface area contributed by atoms with E-state index in [0.717, 1.165) is 38.5 Å². The van der Waals surface area contributed by atoms with Crippen molar-refractivity contribution < 1.29 is 27.8 Å². The number of allylic oxidation sites excluding steroid dienone is 2. The van der Waals surface area contributed by atoms with Gasteiger partial charge in [-0.2, -0.15) is 0 Å². The lowest BCUT2D eigenvalue weighted by Crippen LogP contribution is -2.49. The molecule has 5 unspecified atom stereocenters. The first-order valence-electron chi connectivity index (χ1n) is 12.7. The lowest BCUT2D eigenvalue weighted by atomic mass is 9.47. The predicted molar refractivity (Wildman–Crippen MR) is 135 cm³/mol. The molecular weight excluding hydrogens is 451 g/mol. The second-order valence-corrected chi connectivity index (χ2v) is 13.7. The highest BCUT2D eigenvalue weighted by molar-refractivity contribution is 7.47. The zero-order valence-corrected chi connectivity index (χ0v) is 23.2. The Morgan fingerprint density at radius 3 is 2.50 bits per heavy atom. The minimum Gasteiger partial charge on any atom is -0.369 e.